The Morgan fingerprint density at radius 2 is 1.76 bits per heavy atom. The monoisotopic (exact) mass is 528 g/mol. The topological polar surface area (TPSA) is 89.9 Å². The molecule has 0 radical (unpaired) electrons. The summed E-state index contributed by atoms with van der Waals surface area (Å²) in [6.45, 7) is 11.5. The summed E-state index contributed by atoms with van der Waals surface area (Å²) in [5.41, 5.74) is 2.36. The highest BCUT2D eigenvalue weighted by molar-refractivity contribution is 7.86. The van der Waals surface area contributed by atoms with E-state index in [1.54, 1.807) is 6.08 Å². The first kappa shape index (κ1) is 28.9. The number of carbonyl (C=O) groups excluding carboxylic acids is 1. The van der Waals surface area contributed by atoms with E-state index >= 15 is 0 Å². The third kappa shape index (κ3) is 7.92. The van der Waals surface area contributed by atoms with Gasteiger partial charge in [-0.2, -0.15) is 8.42 Å². The van der Waals surface area contributed by atoms with Crippen molar-refractivity contribution in [2.45, 2.75) is 83.5 Å². The summed E-state index contributed by atoms with van der Waals surface area (Å²) in [6, 6.07) is 11.1. The summed E-state index contributed by atoms with van der Waals surface area (Å²) in [5.74, 6) is 2.53. The van der Waals surface area contributed by atoms with Gasteiger partial charge < -0.3 is 9.47 Å². The molecule has 37 heavy (non-hydrogen) atoms. The average Bonchev–Trinajstić information content (AvgIpc) is 2.82. The van der Waals surface area contributed by atoms with Crippen LogP contribution in [-0.4, -0.2) is 25.5 Å². The molecule has 2 aromatic carbocycles. The summed E-state index contributed by atoms with van der Waals surface area (Å²) in [7, 11) is -4.38. The predicted molar refractivity (Wildman–Crippen MR) is 147 cm³/mol. The third-order valence-electron chi connectivity index (χ3n) is 6.86. The molecular weight excluding hydrogens is 488 g/mol. The van der Waals surface area contributed by atoms with Gasteiger partial charge in [0.1, 0.15) is 16.4 Å². The van der Waals surface area contributed by atoms with Crippen molar-refractivity contribution >= 4 is 22.2 Å². The minimum Gasteiger partial charge on any atom is -0.494 e. The van der Waals surface area contributed by atoms with Crippen LogP contribution < -0.4 is 9.47 Å². The van der Waals surface area contributed by atoms with E-state index < -0.39 is 10.1 Å². The number of fused-ring (bicyclic) bond motifs is 1. The van der Waals surface area contributed by atoms with Gasteiger partial charge in [0.15, 0.2) is 0 Å². The van der Waals surface area contributed by atoms with Crippen LogP contribution >= 0.6 is 0 Å². The molecule has 0 aromatic heterocycles. The summed E-state index contributed by atoms with van der Waals surface area (Å²) in [4.78, 5) is 12.3. The van der Waals surface area contributed by atoms with Crippen LogP contribution in [-0.2, 0) is 14.9 Å². The molecule has 0 fully saturated rings. The zero-order chi connectivity index (χ0) is 27.2. The van der Waals surface area contributed by atoms with Gasteiger partial charge in [0, 0.05) is 17.5 Å². The van der Waals surface area contributed by atoms with Crippen LogP contribution in [0.3, 0.4) is 0 Å². The maximum absolute atomic E-state index is 12.5. The number of hydrogen-bond acceptors (Lipinski definition) is 5. The van der Waals surface area contributed by atoms with E-state index in [2.05, 4.69) is 39.8 Å². The molecule has 1 aliphatic carbocycles. The SMILES string of the molecule is CC(C)CC(c1ccc(OCCCCC(=O)Oc2ccc(S(=O)(=O)O)c3c2C(C)CC=C3)cc1)C(C)C. The molecule has 2 unspecified atom stereocenters. The fourth-order valence-electron chi connectivity index (χ4n) is 4.95. The molecule has 3 rings (SSSR count). The van der Waals surface area contributed by atoms with E-state index in [0.717, 1.165) is 12.2 Å². The lowest BCUT2D eigenvalue weighted by molar-refractivity contribution is -0.134. The van der Waals surface area contributed by atoms with E-state index in [9.17, 15) is 17.8 Å². The first-order valence-corrected chi connectivity index (χ1v) is 14.7. The van der Waals surface area contributed by atoms with Crippen molar-refractivity contribution in [1.82, 2.24) is 0 Å². The van der Waals surface area contributed by atoms with Gasteiger partial charge in [-0.3, -0.25) is 9.35 Å². The molecule has 0 aliphatic heterocycles. The zero-order valence-electron chi connectivity index (χ0n) is 22.6. The molecule has 0 saturated carbocycles. The van der Waals surface area contributed by atoms with Crippen molar-refractivity contribution in [3.63, 3.8) is 0 Å². The van der Waals surface area contributed by atoms with Gasteiger partial charge in [0.2, 0.25) is 0 Å². The second-order valence-corrected chi connectivity index (χ2v) is 12.1. The van der Waals surface area contributed by atoms with Crippen molar-refractivity contribution in [2.24, 2.45) is 11.8 Å². The highest BCUT2D eigenvalue weighted by Crippen LogP contribution is 2.40. The van der Waals surface area contributed by atoms with Gasteiger partial charge in [-0.05, 0) is 79.2 Å². The van der Waals surface area contributed by atoms with Crippen molar-refractivity contribution in [3.8, 4) is 11.5 Å². The first-order valence-electron chi connectivity index (χ1n) is 13.2. The maximum Gasteiger partial charge on any atom is 0.311 e. The maximum atomic E-state index is 12.5. The number of hydrogen-bond donors (Lipinski definition) is 1. The lowest BCUT2D eigenvalue weighted by Crippen LogP contribution is -2.14. The van der Waals surface area contributed by atoms with Crippen LogP contribution in [0.1, 0.15) is 95.2 Å². The van der Waals surface area contributed by atoms with E-state index in [0.29, 0.717) is 60.5 Å². The summed E-state index contributed by atoms with van der Waals surface area (Å²) in [6.07, 6.45) is 6.92. The van der Waals surface area contributed by atoms with Gasteiger partial charge in [-0.1, -0.05) is 58.9 Å². The van der Waals surface area contributed by atoms with Crippen molar-refractivity contribution in [1.29, 1.82) is 0 Å². The van der Waals surface area contributed by atoms with Gasteiger partial charge in [-0.15, -0.1) is 0 Å². The van der Waals surface area contributed by atoms with Crippen LogP contribution in [0.5, 0.6) is 11.5 Å². The molecule has 202 valence electrons. The third-order valence-corrected chi connectivity index (χ3v) is 7.77. The van der Waals surface area contributed by atoms with Crippen LogP contribution in [0.15, 0.2) is 47.4 Å². The summed E-state index contributed by atoms with van der Waals surface area (Å²) >= 11 is 0. The number of unbranched alkanes of at least 4 members (excludes halogenated alkanes) is 1. The minimum atomic E-state index is -4.38. The molecule has 1 N–H and O–H groups in total. The quantitative estimate of drug-likeness (QED) is 0.134. The number of allylic oxidation sites excluding steroid dienone is 1. The van der Waals surface area contributed by atoms with Gasteiger partial charge in [0.25, 0.3) is 10.1 Å². The second-order valence-electron chi connectivity index (χ2n) is 10.7. The molecular formula is C30H40O6S. The molecule has 0 saturated heterocycles. The fourth-order valence-corrected chi connectivity index (χ4v) is 5.64. The Bertz CT molecular complexity index is 1200. The Kier molecular flexibility index (Phi) is 9.96. The Morgan fingerprint density at radius 3 is 2.38 bits per heavy atom. The van der Waals surface area contributed by atoms with Crippen LogP contribution in [0.25, 0.3) is 6.08 Å². The van der Waals surface area contributed by atoms with E-state index in [1.807, 2.05) is 25.1 Å². The molecule has 2 aromatic rings. The standard InChI is InChI=1S/C30H40O6S/c1-20(2)19-26(21(3)4)23-12-14-24(15-13-23)35-18-7-6-11-29(31)36-27-16-17-28(37(32,33)34)25-10-8-9-22(5)30(25)27/h8,10,12-17,20-22,26H,6-7,9,11,18-19H2,1-5H3,(H,32,33,34). The summed E-state index contributed by atoms with van der Waals surface area (Å²) < 4.78 is 44.6. The van der Waals surface area contributed by atoms with Crippen LogP contribution in [0.4, 0.5) is 0 Å². The lowest BCUT2D eigenvalue weighted by Gasteiger charge is -2.23. The number of rotatable bonds is 12. The van der Waals surface area contributed by atoms with E-state index in [-0.39, 0.29) is 23.2 Å². The molecule has 7 heteroatoms. The zero-order valence-corrected chi connectivity index (χ0v) is 23.4. The van der Waals surface area contributed by atoms with E-state index in [4.69, 9.17) is 9.47 Å². The Balaban J connectivity index is 1.50. The van der Waals surface area contributed by atoms with Crippen molar-refractivity contribution < 1.29 is 27.2 Å². The van der Waals surface area contributed by atoms with Crippen LogP contribution in [0.2, 0.25) is 0 Å². The van der Waals surface area contributed by atoms with E-state index in [1.165, 1.54) is 17.7 Å². The molecule has 0 spiro atoms. The second kappa shape index (κ2) is 12.7. The van der Waals surface area contributed by atoms with Crippen LogP contribution in [0, 0.1) is 11.8 Å². The normalized spacial score (nSPS) is 16.1. The molecule has 0 amide bonds. The van der Waals surface area contributed by atoms with Gasteiger partial charge in [0.05, 0.1) is 6.61 Å². The Morgan fingerprint density at radius 1 is 1.05 bits per heavy atom. The largest absolute Gasteiger partial charge is 0.494 e. The number of ether oxygens (including phenoxy) is 2. The van der Waals surface area contributed by atoms with Crippen molar-refractivity contribution in [2.75, 3.05) is 6.61 Å². The minimum absolute atomic E-state index is 0.0366. The molecule has 6 nitrogen and oxygen atoms in total. The Hall–Kier alpha value is -2.64. The van der Waals surface area contributed by atoms with Gasteiger partial charge in [-0.25, -0.2) is 0 Å². The van der Waals surface area contributed by atoms with Gasteiger partial charge >= 0.3 is 5.97 Å². The molecule has 0 heterocycles. The molecule has 1 aliphatic rings. The smallest absolute Gasteiger partial charge is 0.311 e. The number of esters is 1. The molecule has 0 bridgehead atoms. The fraction of sp³-hybridized carbons (Fsp3) is 0.500. The van der Waals surface area contributed by atoms with Crippen molar-refractivity contribution in [3.05, 3.63) is 59.2 Å². The highest BCUT2D eigenvalue weighted by Gasteiger charge is 2.26. The number of benzene rings is 2. The molecule has 2 atom stereocenters. The Labute approximate surface area is 221 Å². The lowest BCUT2D eigenvalue weighted by atomic mass is 9.82. The number of carbonyl (C=O) groups is 1. The average molecular weight is 529 g/mol. The first-order chi connectivity index (χ1) is 17.5. The predicted octanol–water partition coefficient (Wildman–Crippen LogP) is 7.39. The highest BCUT2D eigenvalue weighted by atomic mass is 32.2. The summed E-state index contributed by atoms with van der Waals surface area (Å²) in [5, 5.41) is 0.